The number of halogens is 1. The van der Waals surface area contributed by atoms with Crippen LogP contribution in [-0.4, -0.2) is 13.7 Å². The van der Waals surface area contributed by atoms with Gasteiger partial charge in [-0.1, -0.05) is 22.5 Å². The van der Waals surface area contributed by atoms with Crippen LogP contribution < -0.4 is 10.5 Å². The predicted molar refractivity (Wildman–Crippen MR) is 58.8 cm³/mol. The first kappa shape index (κ1) is 10.3. The molecule has 0 aliphatic rings. The summed E-state index contributed by atoms with van der Waals surface area (Å²) in [7, 11) is 1.64. The standard InChI is InChI=1S/C10H12BrNO/c1-7(6-12)9-4-3-8(13-2)5-10(9)11/h3-5H,1,6,12H2,2H3. The average Bonchev–Trinajstić information content (AvgIpc) is 2.16. The Balaban J connectivity index is 3.05. The summed E-state index contributed by atoms with van der Waals surface area (Å²) in [6.07, 6.45) is 0. The second-order valence-electron chi connectivity index (χ2n) is 2.65. The van der Waals surface area contributed by atoms with E-state index >= 15 is 0 Å². The first-order valence-corrected chi connectivity index (χ1v) is 4.70. The number of ether oxygens (including phenoxy) is 1. The summed E-state index contributed by atoms with van der Waals surface area (Å²) in [5.41, 5.74) is 7.43. The molecule has 0 radical (unpaired) electrons. The maximum Gasteiger partial charge on any atom is 0.120 e. The average molecular weight is 242 g/mol. The van der Waals surface area contributed by atoms with Gasteiger partial charge >= 0.3 is 0 Å². The van der Waals surface area contributed by atoms with E-state index in [0.717, 1.165) is 21.4 Å². The Bertz CT molecular complexity index is 323. The Morgan fingerprint density at radius 1 is 1.62 bits per heavy atom. The van der Waals surface area contributed by atoms with Crippen LogP contribution in [-0.2, 0) is 0 Å². The van der Waals surface area contributed by atoms with Gasteiger partial charge in [-0.15, -0.1) is 0 Å². The summed E-state index contributed by atoms with van der Waals surface area (Å²) >= 11 is 3.43. The van der Waals surface area contributed by atoms with Gasteiger partial charge in [0, 0.05) is 11.0 Å². The molecule has 0 bridgehead atoms. The Morgan fingerprint density at radius 2 is 2.31 bits per heavy atom. The van der Waals surface area contributed by atoms with E-state index in [4.69, 9.17) is 10.5 Å². The summed E-state index contributed by atoms with van der Waals surface area (Å²) in [5.74, 6) is 0.820. The van der Waals surface area contributed by atoms with E-state index in [9.17, 15) is 0 Å². The molecule has 0 aliphatic carbocycles. The maximum absolute atomic E-state index is 5.49. The summed E-state index contributed by atoms with van der Waals surface area (Å²) < 4.78 is 6.03. The van der Waals surface area contributed by atoms with Crippen molar-refractivity contribution < 1.29 is 4.74 Å². The van der Waals surface area contributed by atoms with Gasteiger partial charge < -0.3 is 10.5 Å². The molecule has 3 heteroatoms. The van der Waals surface area contributed by atoms with Crippen LogP contribution >= 0.6 is 15.9 Å². The van der Waals surface area contributed by atoms with Gasteiger partial charge in [-0.2, -0.15) is 0 Å². The molecule has 1 aromatic carbocycles. The lowest BCUT2D eigenvalue weighted by molar-refractivity contribution is 0.414. The van der Waals surface area contributed by atoms with Crippen molar-refractivity contribution in [2.45, 2.75) is 0 Å². The lowest BCUT2D eigenvalue weighted by Crippen LogP contribution is -2.01. The monoisotopic (exact) mass is 241 g/mol. The minimum Gasteiger partial charge on any atom is -0.497 e. The van der Waals surface area contributed by atoms with Crippen molar-refractivity contribution in [3.63, 3.8) is 0 Å². The van der Waals surface area contributed by atoms with Gasteiger partial charge in [-0.05, 0) is 29.3 Å². The highest BCUT2D eigenvalue weighted by molar-refractivity contribution is 9.10. The molecule has 1 rings (SSSR count). The van der Waals surface area contributed by atoms with Crippen LogP contribution in [0.3, 0.4) is 0 Å². The third-order valence-corrected chi connectivity index (χ3v) is 2.46. The molecular formula is C10H12BrNO. The molecule has 0 fully saturated rings. The number of hydrogen-bond acceptors (Lipinski definition) is 2. The minimum absolute atomic E-state index is 0.463. The smallest absolute Gasteiger partial charge is 0.120 e. The first-order chi connectivity index (χ1) is 6.19. The lowest BCUT2D eigenvalue weighted by Gasteiger charge is -2.07. The van der Waals surface area contributed by atoms with E-state index in [1.807, 2.05) is 18.2 Å². The summed E-state index contributed by atoms with van der Waals surface area (Å²) in [6, 6.07) is 5.73. The van der Waals surface area contributed by atoms with Gasteiger partial charge in [0.2, 0.25) is 0 Å². The van der Waals surface area contributed by atoms with Gasteiger partial charge in [-0.3, -0.25) is 0 Å². The zero-order valence-electron chi connectivity index (χ0n) is 7.51. The van der Waals surface area contributed by atoms with Gasteiger partial charge in [-0.25, -0.2) is 0 Å². The van der Waals surface area contributed by atoms with E-state index < -0.39 is 0 Å². The normalized spacial score (nSPS) is 9.77. The second-order valence-corrected chi connectivity index (χ2v) is 3.51. The zero-order chi connectivity index (χ0) is 9.84. The molecule has 13 heavy (non-hydrogen) atoms. The van der Waals surface area contributed by atoms with Gasteiger partial charge in [0.25, 0.3) is 0 Å². The summed E-state index contributed by atoms with van der Waals surface area (Å²) in [5, 5.41) is 0. The Hall–Kier alpha value is -0.800. The number of methoxy groups -OCH3 is 1. The van der Waals surface area contributed by atoms with Crippen LogP contribution in [0.5, 0.6) is 5.75 Å². The topological polar surface area (TPSA) is 35.2 Å². The van der Waals surface area contributed by atoms with Crippen molar-refractivity contribution >= 4 is 21.5 Å². The summed E-state index contributed by atoms with van der Waals surface area (Å²) in [6.45, 7) is 4.33. The molecule has 1 aromatic rings. The quantitative estimate of drug-likeness (QED) is 0.883. The fourth-order valence-corrected chi connectivity index (χ4v) is 1.66. The number of nitrogens with two attached hydrogens (primary N) is 1. The Labute approximate surface area is 86.5 Å². The molecule has 2 nitrogen and oxygen atoms in total. The molecule has 0 amide bonds. The highest BCUT2D eigenvalue weighted by atomic mass is 79.9. The van der Waals surface area contributed by atoms with Crippen molar-refractivity contribution in [3.05, 3.63) is 34.8 Å². The van der Waals surface area contributed by atoms with Gasteiger partial charge in [0.1, 0.15) is 5.75 Å². The molecular weight excluding hydrogens is 230 g/mol. The molecule has 70 valence electrons. The van der Waals surface area contributed by atoms with Crippen LogP contribution in [0.25, 0.3) is 5.57 Å². The van der Waals surface area contributed by atoms with Crippen LogP contribution in [0.15, 0.2) is 29.3 Å². The molecule has 0 saturated heterocycles. The lowest BCUT2D eigenvalue weighted by atomic mass is 10.1. The van der Waals surface area contributed by atoms with Crippen molar-refractivity contribution in [1.29, 1.82) is 0 Å². The molecule has 0 atom stereocenters. The third kappa shape index (κ3) is 2.32. The fraction of sp³-hybridized carbons (Fsp3) is 0.200. The SMILES string of the molecule is C=C(CN)c1ccc(OC)cc1Br. The van der Waals surface area contributed by atoms with E-state index in [1.54, 1.807) is 7.11 Å². The van der Waals surface area contributed by atoms with E-state index in [-0.39, 0.29) is 0 Å². The molecule has 0 heterocycles. The van der Waals surface area contributed by atoms with Crippen molar-refractivity contribution in [2.75, 3.05) is 13.7 Å². The minimum atomic E-state index is 0.463. The van der Waals surface area contributed by atoms with E-state index in [0.29, 0.717) is 6.54 Å². The number of hydrogen-bond donors (Lipinski definition) is 1. The van der Waals surface area contributed by atoms with E-state index in [2.05, 4.69) is 22.5 Å². The molecule has 0 aliphatic heterocycles. The maximum atomic E-state index is 5.49. The van der Waals surface area contributed by atoms with Crippen LogP contribution in [0.2, 0.25) is 0 Å². The fourth-order valence-electron chi connectivity index (χ4n) is 1.02. The van der Waals surface area contributed by atoms with Crippen molar-refractivity contribution in [2.24, 2.45) is 5.73 Å². The van der Waals surface area contributed by atoms with Crippen molar-refractivity contribution in [3.8, 4) is 5.75 Å². The highest BCUT2D eigenvalue weighted by Gasteiger charge is 2.03. The largest absolute Gasteiger partial charge is 0.497 e. The first-order valence-electron chi connectivity index (χ1n) is 3.90. The molecule has 0 unspecified atom stereocenters. The highest BCUT2D eigenvalue weighted by Crippen LogP contribution is 2.26. The van der Waals surface area contributed by atoms with Crippen LogP contribution in [0, 0.1) is 0 Å². The van der Waals surface area contributed by atoms with E-state index in [1.165, 1.54) is 0 Å². The molecule has 2 N–H and O–H groups in total. The number of benzene rings is 1. The molecule has 0 spiro atoms. The van der Waals surface area contributed by atoms with Gasteiger partial charge in [0.05, 0.1) is 7.11 Å². The van der Waals surface area contributed by atoms with Crippen molar-refractivity contribution in [1.82, 2.24) is 0 Å². The molecule has 0 aromatic heterocycles. The zero-order valence-corrected chi connectivity index (χ0v) is 9.10. The predicted octanol–water partition coefficient (Wildman–Crippen LogP) is 2.43. The molecule has 0 saturated carbocycles. The Kier molecular flexibility index (Phi) is 3.51. The summed E-state index contributed by atoms with van der Waals surface area (Å²) in [4.78, 5) is 0. The third-order valence-electron chi connectivity index (χ3n) is 1.80. The van der Waals surface area contributed by atoms with Crippen LogP contribution in [0.4, 0.5) is 0 Å². The van der Waals surface area contributed by atoms with Crippen LogP contribution in [0.1, 0.15) is 5.56 Å². The Morgan fingerprint density at radius 3 is 2.77 bits per heavy atom. The second kappa shape index (κ2) is 4.44. The number of rotatable bonds is 3. The van der Waals surface area contributed by atoms with Gasteiger partial charge in [0.15, 0.2) is 0 Å².